The van der Waals surface area contributed by atoms with Gasteiger partial charge in [0.1, 0.15) is 5.75 Å². The summed E-state index contributed by atoms with van der Waals surface area (Å²) in [6.45, 7) is 9.13. The molecule has 4 nitrogen and oxygen atoms in total. The lowest BCUT2D eigenvalue weighted by molar-refractivity contribution is 0.451. The zero-order chi connectivity index (χ0) is 15.2. The van der Waals surface area contributed by atoms with Gasteiger partial charge < -0.3 is 10.1 Å². The van der Waals surface area contributed by atoms with E-state index in [4.69, 9.17) is 4.74 Å². The van der Waals surface area contributed by atoms with Crippen LogP contribution in [0, 0.1) is 6.92 Å². The Bertz CT molecular complexity index is 598. The molecule has 2 rings (SSSR count). The fraction of sp³-hybridized carbons (Fsp3) is 0.412. The number of nitrogens with zero attached hydrogens (tertiary/aromatic N) is 2. The first-order valence-corrected chi connectivity index (χ1v) is 7.50. The van der Waals surface area contributed by atoms with Crippen molar-refractivity contribution in [3.8, 4) is 11.6 Å². The standard InChI is InChI=1S/C17H23N3O/c1-5-12(3)14-9-7-8-10-15(14)21-16-11-13(4)19-17(20-16)18-6-2/h7-12H,5-6H2,1-4H3,(H,18,19,20). The van der Waals surface area contributed by atoms with E-state index in [1.54, 1.807) is 0 Å². The van der Waals surface area contributed by atoms with E-state index in [-0.39, 0.29) is 0 Å². The van der Waals surface area contributed by atoms with Crippen molar-refractivity contribution in [1.29, 1.82) is 0 Å². The topological polar surface area (TPSA) is 47.0 Å². The zero-order valence-electron chi connectivity index (χ0n) is 13.2. The van der Waals surface area contributed by atoms with E-state index in [9.17, 15) is 0 Å². The molecular formula is C17H23N3O. The van der Waals surface area contributed by atoms with Crippen molar-refractivity contribution in [3.63, 3.8) is 0 Å². The number of benzene rings is 1. The summed E-state index contributed by atoms with van der Waals surface area (Å²) in [7, 11) is 0. The number of nitrogens with one attached hydrogen (secondary N) is 1. The highest BCUT2D eigenvalue weighted by Crippen LogP contribution is 2.31. The van der Waals surface area contributed by atoms with Gasteiger partial charge in [-0.25, -0.2) is 4.98 Å². The van der Waals surface area contributed by atoms with Gasteiger partial charge in [-0.2, -0.15) is 4.98 Å². The predicted octanol–water partition coefficient (Wildman–Crippen LogP) is 4.52. The zero-order valence-corrected chi connectivity index (χ0v) is 13.2. The molecule has 2 aromatic rings. The van der Waals surface area contributed by atoms with Crippen molar-refractivity contribution in [2.24, 2.45) is 0 Å². The Labute approximate surface area is 126 Å². The summed E-state index contributed by atoms with van der Waals surface area (Å²) in [5.41, 5.74) is 2.10. The van der Waals surface area contributed by atoms with Crippen LogP contribution >= 0.6 is 0 Å². The van der Waals surface area contributed by atoms with E-state index < -0.39 is 0 Å². The second-order valence-corrected chi connectivity index (χ2v) is 5.15. The van der Waals surface area contributed by atoms with Gasteiger partial charge in [0.2, 0.25) is 11.8 Å². The molecule has 1 unspecified atom stereocenters. The largest absolute Gasteiger partial charge is 0.439 e. The minimum absolute atomic E-state index is 0.456. The molecule has 4 heteroatoms. The number of rotatable bonds is 6. The highest BCUT2D eigenvalue weighted by atomic mass is 16.5. The average Bonchev–Trinajstić information content (AvgIpc) is 2.47. The average molecular weight is 285 g/mol. The molecule has 0 radical (unpaired) electrons. The molecule has 1 atom stereocenters. The van der Waals surface area contributed by atoms with Crippen LogP contribution in [0.15, 0.2) is 30.3 Å². The van der Waals surface area contributed by atoms with Gasteiger partial charge in [-0.05, 0) is 37.8 Å². The fourth-order valence-electron chi connectivity index (χ4n) is 2.14. The summed E-state index contributed by atoms with van der Waals surface area (Å²) < 4.78 is 6.01. The summed E-state index contributed by atoms with van der Waals surface area (Å²) in [5, 5.41) is 3.12. The minimum atomic E-state index is 0.456. The smallest absolute Gasteiger partial charge is 0.226 e. The van der Waals surface area contributed by atoms with Crippen LogP contribution in [-0.2, 0) is 0 Å². The van der Waals surface area contributed by atoms with E-state index >= 15 is 0 Å². The molecule has 0 amide bonds. The Balaban J connectivity index is 2.30. The van der Waals surface area contributed by atoms with Crippen molar-refractivity contribution in [2.45, 2.75) is 40.0 Å². The Kier molecular flexibility index (Phi) is 5.14. The second-order valence-electron chi connectivity index (χ2n) is 5.15. The van der Waals surface area contributed by atoms with Crippen LogP contribution in [0.2, 0.25) is 0 Å². The highest BCUT2D eigenvalue weighted by molar-refractivity contribution is 5.39. The molecule has 1 aromatic heterocycles. The summed E-state index contributed by atoms with van der Waals surface area (Å²) in [4.78, 5) is 8.74. The molecule has 1 N–H and O–H groups in total. The molecule has 1 heterocycles. The quantitative estimate of drug-likeness (QED) is 0.847. The van der Waals surface area contributed by atoms with Gasteiger partial charge in [0, 0.05) is 18.3 Å². The lowest BCUT2D eigenvalue weighted by Crippen LogP contribution is -2.04. The van der Waals surface area contributed by atoms with Crippen molar-refractivity contribution in [2.75, 3.05) is 11.9 Å². The van der Waals surface area contributed by atoms with Gasteiger partial charge in [-0.15, -0.1) is 0 Å². The summed E-state index contributed by atoms with van der Waals surface area (Å²) in [6, 6.07) is 9.99. The monoisotopic (exact) mass is 285 g/mol. The Morgan fingerprint density at radius 3 is 2.67 bits per heavy atom. The first kappa shape index (κ1) is 15.3. The third kappa shape index (κ3) is 3.94. The molecule has 0 spiro atoms. The fourth-order valence-corrected chi connectivity index (χ4v) is 2.14. The van der Waals surface area contributed by atoms with Crippen LogP contribution in [0.5, 0.6) is 11.6 Å². The van der Waals surface area contributed by atoms with Crippen molar-refractivity contribution in [3.05, 3.63) is 41.6 Å². The Hall–Kier alpha value is -2.10. The van der Waals surface area contributed by atoms with E-state index in [0.717, 1.165) is 24.4 Å². The predicted molar refractivity (Wildman–Crippen MR) is 86.2 cm³/mol. The van der Waals surface area contributed by atoms with E-state index in [0.29, 0.717) is 17.7 Å². The summed E-state index contributed by atoms with van der Waals surface area (Å²) in [6.07, 6.45) is 1.08. The normalized spacial score (nSPS) is 12.0. The summed E-state index contributed by atoms with van der Waals surface area (Å²) >= 11 is 0. The van der Waals surface area contributed by atoms with Crippen molar-refractivity contribution >= 4 is 5.95 Å². The van der Waals surface area contributed by atoms with E-state index in [1.807, 2.05) is 38.1 Å². The van der Waals surface area contributed by atoms with Crippen LogP contribution in [0.4, 0.5) is 5.95 Å². The molecule has 0 bridgehead atoms. The number of hydrogen-bond donors (Lipinski definition) is 1. The maximum absolute atomic E-state index is 6.01. The highest BCUT2D eigenvalue weighted by Gasteiger charge is 2.11. The van der Waals surface area contributed by atoms with Crippen LogP contribution in [-0.4, -0.2) is 16.5 Å². The molecule has 0 aliphatic rings. The Morgan fingerprint density at radius 2 is 1.95 bits per heavy atom. The van der Waals surface area contributed by atoms with Gasteiger partial charge >= 0.3 is 0 Å². The second kappa shape index (κ2) is 7.07. The molecule has 112 valence electrons. The number of aryl methyl sites for hydroxylation is 1. The third-order valence-corrected chi connectivity index (χ3v) is 3.44. The minimum Gasteiger partial charge on any atom is -0.439 e. The van der Waals surface area contributed by atoms with Gasteiger partial charge in [-0.1, -0.05) is 32.0 Å². The van der Waals surface area contributed by atoms with Crippen molar-refractivity contribution < 1.29 is 4.74 Å². The van der Waals surface area contributed by atoms with Gasteiger partial charge in [0.05, 0.1) is 0 Å². The van der Waals surface area contributed by atoms with Crippen LogP contribution in [0.3, 0.4) is 0 Å². The third-order valence-electron chi connectivity index (χ3n) is 3.44. The molecule has 21 heavy (non-hydrogen) atoms. The van der Waals surface area contributed by atoms with Crippen molar-refractivity contribution in [1.82, 2.24) is 9.97 Å². The van der Waals surface area contributed by atoms with Gasteiger partial charge in [0.15, 0.2) is 0 Å². The number of ether oxygens (including phenoxy) is 1. The number of para-hydroxylation sites is 1. The van der Waals surface area contributed by atoms with Crippen LogP contribution in [0.1, 0.15) is 44.4 Å². The molecule has 0 aliphatic heterocycles. The van der Waals surface area contributed by atoms with Gasteiger partial charge in [0.25, 0.3) is 0 Å². The lowest BCUT2D eigenvalue weighted by Gasteiger charge is -2.15. The van der Waals surface area contributed by atoms with Crippen LogP contribution < -0.4 is 10.1 Å². The number of hydrogen-bond acceptors (Lipinski definition) is 4. The maximum Gasteiger partial charge on any atom is 0.226 e. The molecule has 1 aromatic carbocycles. The molecule has 0 saturated carbocycles. The van der Waals surface area contributed by atoms with E-state index in [2.05, 4.69) is 35.2 Å². The Morgan fingerprint density at radius 1 is 1.19 bits per heavy atom. The number of aromatic nitrogens is 2. The molecule has 0 fully saturated rings. The molecular weight excluding hydrogens is 262 g/mol. The lowest BCUT2D eigenvalue weighted by atomic mass is 9.98. The molecule has 0 saturated heterocycles. The summed E-state index contributed by atoms with van der Waals surface area (Å²) in [5.74, 6) is 2.51. The van der Waals surface area contributed by atoms with E-state index in [1.165, 1.54) is 5.56 Å². The number of anilines is 1. The van der Waals surface area contributed by atoms with Crippen LogP contribution in [0.25, 0.3) is 0 Å². The first-order valence-electron chi connectivity index (χ1n) is 7.50. The maximum atomic E-state index is 6.01. The van der Waals surface area contributed by atoms with Gasteiger partial charge in [-0.3, -0.25) is 0 Å². The SMILES string of the molecule is CCNc1nc(C)cc(Oc2ccccc2C(C)CC)n1. The molecule has 0 aliphatic carbocycles. The first-order chi connectivity index (χ1) is 10.1.